The van der Waals surface area contributed by atoms with E-state index in [1.165, 1.54) is 0 Å². The number of aryl methyl sites for hydroxylation is 1. The van der Waals surface area contributed by atoms with E-state index in [1.807, 2.05) is 42.1 Å². The first-order valence-corrected chi connectivity index (χ1v) is 11.6. The number of aromatic amines is 1. The van der Waals surface area contributed by atoms with Gasteiger partial charge in [-0.3, -0.25) is 9.89 Å². The van der Waals surface area contributed by atoms with E-state index in [-0.39, 0.29) is 10.3 Å². The highest BCUT2D eigenvalue weighted by Crippen LogP contribution is 2.47. The Morgan fingerprint density at radius 1 is 1.29 bits per heavy atom. The van der Waals surface area contributed by atoms with Gasteiger partial charge in [0.15, 0.2) is 5.82 Å². The second-order valence-corrected chi connectivity index (χ2v) is 9.57. The van der Waals surface area contributed by atoms with Crippen molar-refractivity contribution in [2.24, 2.45) is 7.05 Å². The van der Waals surface area contributed by atoms with Crippen molar-refractivity contribution in [3.63, 3.8) is 0 Å². The van der Waals surface area contributed by atoms with Crippen molar-refractivity contribution in [2.75, 3.05) is 18.2 Å². The standard InChI is InChI=1S/C22H22ClN5O2S/c1-28-18-15(7-10-24-20(18)30-12-22(31-2)8-9-22)17-16(21(28)29)19(27-26-17)25-11-13-3-5-14(23)6-4-13/h3-7,10H,8-9,11-12H2,1-2H3,(H2,25,26,27). The molecule has 0 unspecified atom stereocenters. The predicted molar refractivity (Wildman–Crippen MR) is 126 cm³/mol. The maximum Gasteiger partial charge on any atom is 0.264 e. The minimum atomic E-state index is -0.154. The van der Waals surface area contributed by atoms with Crippen molar-refractivity contribution in [1.29, 1.82) is 0 Å². The number of fused-ring (bicyclic) bond motifs is 3. The van der Waals surface area contributed by atoms with Crippen LogP contribution in [0.1, 0.15) is 18.4 Å². The molecule has 0 spiro atoms. The van der Waals surface area contributed by atoms with Gasteiger partial charge in [-0.15, -0.1) is 0 Å². The Balaban J connectivity index is 1.52. The van der Waals surface area contributed by atoms with E-state index in [2.05, 4.69) is 26.8 Å². The smallest absolute Gasteiger partial charge is 0.264 e. The second kappa shape index (κ2) is 7.76. The normalized spacial score (nSPS) is 14.8. The summed E-state index contributed by atoms with van der Waals surface area (Å²) in [4.78, 5) is 17.7. The molecule has 1 fully saturated rings. The van der Waals surface area contributed by atoms with Crippen LogP contribution in [0.25, 0.3) is 21.8 Å². The molecule has 31 heavy (non-hydrogen) atoms. The molecule has 1 saturated carbocycles. The monoisotopic (exact) mass is 455 g/mol. The van der Waals surface area contributed by atoms with Crippen LogP contribution < -0.4 is 15.6 Å². The highest BCUT2D eigenvalue weighted by molar-refractivity contribution is 8.00. The third kappa shape index (κ3) is 3.64. The Hall–Kier alpha value is -2.71. The van der Waals surface area contributed by atoms with Crippen LogP contribution in [0.15, 0.2) is 41.3 Å². The zero-order chi connectivity index (χ0) is 21.6. The van der Waals surface area contributed by atoms with Crippen molar-refractivity contribution >= 4 is 51.0 Å². The lowest BCUT2D eigenvalue weighted by Gasteiger charge is -2.15. The number of H-pyrrole nitrogens is 1. The molecule has 7 nitrogen and oxygen atoms in total. The maximum absolute atomic E-state index is 13.3. The third-order valence-corrected chi connectivity index (χ3v) is 7.51. The number of thioether (sulfide) groups is 1. The minimum Gasteiger partial charge on any atom is -0.475 e. The Morgan fingerprint density at radius 2 is 2.06 bits per heavy atom. The maximum atomic E-state index is 13.3. The Labute approximate surface area is 188 Å². The molecule has 1 aliphatic rings. The lowest BCUT2D eigenvalue weighted by Crippen LogP contribution is -2.20. The van der Waals surface area contributed by atoms with Crippen molar-refractivity contribution < 1.29 is 4.74 Å². The number of halogens is 1. The number of benzene rings is 1. The van der Waals surface area contributed by atoms with E-state index in [0.29, 0.717) is 46.3 Å². The number of nitrogens with one attached hydrogen (secondary N) is 2. The van der Waals surface area contributed by atoms with E-state index in [4.69, 9.17) is 16.3 Å². The molecule has 1 aromatic carbocycles. The highest BCUT2D eigenvalue weighted by atomic mass is 35.5. The van der Waals surface area contributed by atoms with Gasteiger partial charge >= 0.3 is 0 Å². The molecule has 3 aromatic heterocycles. The van der Waals surface area contributed by atoms with Gasteiger partial charge in [-0.1, -0.05) is 23.7 Å². The van der Waals surface area contributed by atoms with Gasteiger partial charge in [0.2, 0.25) is 5.88 Å². The minimum absolute atomic E-state index is 0.154. The summed E-state index contributed by atoms with van der Waals surface area (Å²) in [6.07, 6.45) is 6.11. The molecule has 2 N–H and O–H groups in total. The van der Waals surface area contributed by atoms with Gasteiger partial charge in [-0.25, -0.2) is 4.98 Å². The summed E-state index contributed by atoms with van der Waals surface area (Å²) in [7, 11) is 1.75. The van der Waals surface area contributed by atoms with Gasteiger partial charge in [0.25, 0.3) is 5.56 Å². The van der Waals surface area contributed by atoms with Crippen LogP contribution in [0.5, 0.6) is 5.88 Å². The van der Waals surface area contributed by atoms with E-state index in [9.17, 15) is 4.79 Å². The molecule has 4 aromatic rings. The summed E-state index contributed by atoms with van der Waals surface area (Å²) in [5, 5.41) is 12.7. The fourth-order valence-corrected chi connectivity index (χ4v) is 4.56. The van der Waals surface area contributed by atoms with Gasteiger partial charge < -0.3 is 14.6 Å². The molecule has 160 valence electrons. The fraction of sp³-hybridized carbons (Fsp3) is 0.318. The van der Waals surface area contributed by atoms with Crippen LogP contribution in [0.2, 0.25) is 5.02 Å². The van der Waals surface area contributed by atoms with Crippen molar-refractivity contribution in [1.82, 2.24) is 19.7 Å². The zero-order valence-electron chi connectivity index (χ0n) is 17.2. The molecular weight excluding hydrogens is 434 g/mol. The molecular formula is C22H22ClN5O2S. The van der Waals surface area contributed by atoms with Gasteiger partial charge in [-0.2, -0.15) is 16.9 Å². The predicted octanol–water partition coefficient (Wildman–Crippen LogP) is 4.35. The average Bonchev–Trinajstić information content (AvgIpc) is 3.45. The van der Waals surface area contributed by atoms with E-state index < -0.39 is 0 Å². The Morgan fingerprint density at radius 3 is 2.77 bits per heavy atom. The Kier molecular flexibility index (Phi) is 5.06. The molecule has 5 rings (SSSR count). The SMILES string of the molecule is CSC1(COc2nccc3c4[nH]nc(NCc5ccc(Cl)cc5)c4c(=O)n(C)c23)CC1. The van der Waals surface area contributed by atoms with Crippen LogP contribution >= 0.6 is 23.4 Å². The summed E-state index contributed by atoms with van der Waals surface area (Å²) in [5.74, 6) is 0.996. The summed E-state index contributed by atoms with van der Waals surface area (Å²) in [6.45, 7) is 1.11. The third-order valence-electron chi connectivity index (χ3n) is 5.87. The van der Waals surface area contributed by atoms with Crippen molar-refractivity contribution in [3.05, 3.63) is 57.5 Å². The first-order chi connectivity index (χ1) is 15.0. The molecule has 0 amide bonds. The number of anilines is 1. The molecule has 0 saturated heterocycles. The molecule has 0 aliphatic heterocycles. The van der Waals surface area contributed by atoms with Crippen LogP contribution in [-0.2, 0) is 13.6 Å². The van der Waals surface area contributed by atoms with Gasteiger partial charge in [-0.05, 0) is 42.9 Å². The number of aromatic nitrogens is 4. The summed E-state index contributed by atoms with van der Waals surface area (Å²) in [6, 6.07) is 9.44. The largest absolute Gasteiger partial charge is 0.475 e. The highest BCUT2D eigenvalue weighted by Gasteiger charge is 2.43. The van der Waals surface area contributed by atoms with Crippen LogP contribution in [-0.4, -0.2) is 37.4 Å². The zero-order valence-corrected chi connectivity index (χ0v) is 18.8. The quantitative estimate of drug-likeness (QED) is 0.431. The molecule has 0 bridgehead atoms. The number of hydrogen-bond donors (Lipinski definition) is 2. The second-order valence-electron chi connectivity index (χ2n) is 7.85. The lowest BCUT2D eigenvalue weighted by atomic mass is 10.2. The molecule has 9 heteroatoms. The average molecular weight is 456 g/mol. The Bertz CT molecular complexity index is 1330. The first-order valence-electron chi connectivity index (χ1n) is 10.0. The summed E-state index contributed by atoms with van der Waals surface area (Å²) in [5.41, 5.74) is 2.24. The first kappa shape index (κ1) is 20.2. The van der Waals surface area contributed by atoms with E-state index in [0.717, 1.165) is 23.8 Å². The fourth-order valence-electron chi connectivity index (χ4n) is 3.74. The molecule has 0 radical (unpaired) electrons. The van der Waals surface area contributed by atoms with Crippen molar-refractivity contribution in [3.8, 4) is 5.88 Å². The van der Waals surface area contributed by atoms with Gasteiger partial charge in [0, 0.05) is 34.9 Å². The van der Waals surface area contributed by atoms with Crippen molar-refractivity contribution in [2.45, 2.75) is 24.1 Å². The number of rotatable bonds is 7. The number of pyridine rings is 2. The van der Waals surface area contributed by atoms with E-state index in [1.54, 1.807) is 17.8 Å². The summed E-state index contributed by atoms with van der Waals surface area (Å²) >= 11 is 7.78. The topological polar surface area (TPSA) is 84.8 Å². The lowest BCUT2D eigenvalue weighted by molar-refractivity contribution is 0.302. The molecule has 1 aliphatic carbocycles. The van der Waals surface area contributed by atoms with Gasteiger partial charge in [0.05, 0.1) is 5.52 Å². The van der Waals surface area contributed by atoms with Crippen LogP contribution in [0.4, 0.5) is 5.82 Å². The number of hydrogen-bond acceptors (Lipinski definition) is 6. The van der Waals surface area contributed by atoms with Gasteiger partial charge in [0.1, 0.15) is 17.5 Å². The van der Waals surface area contributed by atoms with Crippen LogP contribution in [0, 0.1) is 0 Å². The summed E-state index contributed by atoms with van der Waals surface area (Å²) < 4.78 is 7.87. The van der Waals surface area contributed by atoms with E-state index >= 15 is 0 Å². The van der Waals surface area contributed by atoms with Crippen LogP contribution in [0.3, 0.4) is 0 Å². The number of ether oxygens (including phenoxy) is 1. The number of nitrogens with zero attached hydrogens (tertiary/aromatic N) is 3. The molecule has 3 heterocycles. The molecule has 0 atom stereocenters.